The monoisotopic (exact) mass is 343 g/mol. The summed E-state index contributed by atoms with van der Waals surface area (Å²) in [6.07, 6.45) is 2.43. The molecule has 1 amide bonds. The molecular formula is C19H25N3O3. The molecule has 2 aromatic rings. The van der Waals surface area contributed by atoms with Crippen molar-refractivity contribution in [2.75, 3.05) is 0 Å². The van der Waals surface area contributed by atoms with Crippen molar-refractivity contribution < 1.29 is 14.3 Å². The van der Waals surface area contributed by atoms with Gasteiger partial charge in [0, 0.05) is 11.4 Å². The zero-order chi connectivity index (χ0) is 18.0. The molecule has 3 rings (SSSR count). The van der Waals surface area contributed by atoms with Crippen molar-refractivity contribution in [3.05, 3.63) is 30.0 Å². The Labute approximate surface area is 147 Å². The highest BCUT2D eigenvalue weighted by Gasteiger charge is 2.30. The number of carbonyl (C=O) groups is 2. The smallest absolute Gasteiger partial charge is 0.360 e. The summed E-state index contributed by atoms with van der Waals surface area (Å²) in [5.41, 5.74) is 0.964. The molecule has 134 valence electrons. The fourth-order valence-corrected chi connectivity index (χ4v) is 3.47. The van der Waals surface area contributed by atoms with Crippen LogP contribution in [0.2, 0.25) is 0 Å². The predicted octanol–water partition coefficient (Wildman–Crippen LogP) is 3.05. The van der Waals surface area contributed by atoms with Crippen LogP contribution in [-0.2, 0) is 9.53 Å². The number of nitrogens with zero attached hydrogens (tertiary/aromatic N) is 1. The Morgan fingerprint density at radius 2 is 2.04 bits per heavy atom. The van der Waals surface area contributed by atoms with E-state index in [1.807, 2.05) is 18.2 Å². The number of esters is 1. The molecule has 0 saturated heterocycles. The van der Waals surface area contributed by atoms with Crippen LogP contribution in [0.4, 0.5) is 0 Å². The fraction of sp³-hybridized carbons (Fsp3) is 0.526. The number of para-hydroxylation sites is 1. The third-order valence-electron chi connectivity index (χ3n) is 5.35. The minimum atomic E-state index is -0.854. The van der Waals surface area contributed by atoms with Crippen molar-refractivity contribution in [1.82, 2.24) is 15.5 Å². The van der Waals surface area contributed by atoms with E-state index in [1.54, 1.807) is 13.0 Å². The van der Waals surface area contributed by atoms with Gasteiger partial charge in [0.1, 0.15) is 0 Å². The number of H-pyrrole nitrogens is 1. The second kappa shape index (κ2) is 7.25. The summed E-state index contributed by atoms with van der Waals surface area (Å²) in [6.45, 7) is 5.98. The van der Waals surface area contributed by atoms with Gasteiger partial charge in [-0.25, -0.2) is 4.79 Å². The Morgan fingerprint density at radius 3 is 2.84 bits per heavy atom. The molecule has 1 aromatic carbocycles. The average Bonchev–Trinajstić information content (AvgIpc) is 3.03. The predicted molar refractivity (Wildman–Crippen MR) is 95.1 cm³/mol. The Balaban J connectivity index is 1.62. The summed E-state index contributed by atoms with van der Waals surface area (Å²) >= 11 is 0. The van der Waals surface area contributed by atoms with E-state index < -0.39 is 12.1 Å². The highest BCUT2D eigenvalue weighted by molar-refractivity contribution is 6.02. The molecule has 1 saturated carbocycles. The van der Waals surface area contributed by atoms with Crippen molar-refractivity contribution in [2.45, 2.75) is 52.2 Å². The standard InChI is InChI=1S/C19H25N3O3/c1-11-7-6-10-15(12(11)2)20-18(23)13(3)25-19(24)17-14-8-4-5-9-16(14)21-22-17/h4-5,8-9,11-13,15H,6-7,10H2,1-3H3,(H,20,23)(H,21,22)/t11-,12+,13+,15+/m0/s1. The van der Waals surface area contributed by atoms with Gasteiger partial charge < -0.3 is 10.1 Å². The first-order valence-corrected chi connectivity index (χ1v) is 8.92. The maximum absolute atomic E-state index is 12.4. The van der Waals surface area contributed by atoms with Gasteiger partial charge in [-0.05, 0) is 31.2 Å². The highest BCUT2D eigenvalue weighted by Crippen LogP contribution is 2.29. The van der Waals surface area contributed by atoms with Crippen LogP contribution in [0.15, 0.2) is 24.3 Å². The molecular weight excluding hydrogens is 318 g/mol. The SMILES string of the molecule is C[C@@H]1[C@@H](C)CCC[C@H]1NC(=O)[C@@H](C)OC(=O)c1n[nH]c2ccccc12. The van der Waals surface area contributed by atoms with Crippen LogP contribution in [-0.4, -0.2) is 34.2 Å². The maximum atomic E-state index is 12.4. The van der Waals surface area contributed by atoms with Crippen LogP contribution < -0.4 is 5.32 Å². The Morgan fingerprint density at radius 1 is 1.28 bits per heavy atom. The van der Waals surface area contributed by atoms with E-state index in [9.17, 15) is 9.59 Å². The molecule has 2 N–H and O–H groups in total. The first kappa shape index (κ1) is 17.5. The molecule has 0 spiro atoms. The second-order valence-corrected chi connectivity index (χ2v) is 7.05. The lowest BCUT2D eigenvalue weighted by molar-refractivity contribution is -0.130. The topological polar surface area (TPSA) is 84.1 Å². The summed E-state index contributed by atoms with van der Waals surface area (Å²) in [4.78, 5) is 24.8. The molecule has 1 aliphatic rings. The Hall–Kier alpha value is -2.37. The molecule has 1 aromatic heterocycles. The molecule has 6 heteroatoms. The lowest BCUT2D eigenvalue weighted by Crippen LogP contribution is -2.47. The van der Waals surface area contributed by atoms with Crippen LogP contribution in [0.5, 0.6) is 0 Å². The molecule has 1 heterocycles. The van der Waals surface area contributed by atoms with Gasteiger partial charge in [0.2, 0.25) is 0 Å². The number of amides is 1. The molecule has 1 aliphatic carbocycles. The molecule has 0 unspecified atom stereocenters. The fourth-order valence-electron chi connectivity index (χ4n) is 3.47. The third kappa shape index (κ3) is 3.67. The minimum absolute atomic E-state index is 0.142. The summed E-state index contributed by atoms with van der Waals surface area (Å²) < 4.78 is 5.33. The van der Waals surface area contributed by atoms with Gasteiger partial charge in [0.05, 0.1) is 5.52 Å². The number of aromatic nitrogens is 2. The molecule has 4 atom stereocenters. The highest BCUT2D eigenvalue weighted by atomic mass is 16.5. The number of hydrogen-bond acceptors (Lipinski definition) is 4. The number of ether oxygens (including phenoxy) is 1. The lowest BCUT2D eigenvalue weighted by atomic mass is 9.78. The largest absolute Gasteiger partial charge is 0.448 e. The molecule has 6 nitrogen and oxygen atoms in total. The Bertz CT molecular complexity index is 770. The van der Waals surface area contributed by atoms with Crippen molar-refractivity contribution >= 4 is 22.8 Å². The molecule has 25 heavy (non-hydrogen) atoms. The molecule has 0 aliphatic heterocycles. The number of hydrogen-bond donors (Lipinski definition) is 2. The number of carbonyl (C=O) groups excluding carboxylic acids is 2. The summed E-state index contributed by atoms with van der Waals surface area (Å²) in [5.74, 6) is 0.174. The summed E-state index contributed by atoms with van der Waals surface area (Å²) in [7, 11) is 0. The van der Waals surface area contributed by atoms with E-state index in [0.717, 1.165) is 18.4 Å². The van der Waals surface area contributed by atoms with Gasteiger partial charge in [-0.2, -0.15) is 5.10 Å². The number of aromatic amines is 1. The summed E-state index contributed by atoms with van der Waals surface area (Å²) in [5, 5.41) is 10.5. The van der Waals surface area contributed by atoms with Crippen LogP contribution in [0.1, 0.15) is 50.5 Å². The third-order valence-corrected chi connectivity index (χ3v) is 5.35. The maximum Gasteiger partial charge on any atom is 0.360 e. The van der Waals surface area contributed by atoms with Crippen LogP contribution in [0.3, 0.4) is 0 Å². The van der Waals surface area contributed by atoms with E-state index in [2.05, 4.69) is 29.4 Å². The van der Waals surface area contributed by atoms with E-state index in [0.29, 0.717) is 17.2 Å². The van der Waals surface area contributed by atoms with Crippen molar-refractivity contribution in [2.24, 2.45) is 11.8 Å². The van der Waals surface area contributed by atoms with E-state index in [-0.39, 0.29) is 17.6 Å². The number of nitrogens with one attached hydrogen (secondary N) is 2. The quantitative estimate of drug-likeness (QED) is 0.836. The average molecular weight is 343 g/mol. The van der Waals surface area contributed by atoms with E-state index >= 15 is 0 Å². The number of rotatable bonds is 4. The molecule has 0 bridgehead atoms. The van der Waals surface area contributed by atoms with Crippen molar-refractivity contribution in [3.8, 4) is 0 Å². The zero-order valence-corrected chi connectivity index (χ0v) is 14.9. The molecule has 0 radical (unpaired) electrons. The number of fused-ring (bicyclic) bond motifs is 1. The Kier molecular flexibility index (Phi) is 5.06. The molecule has 1 fully saturated rings. The minimum Gasteiger partial charge on any atom is -0.448 e. The normalized spacial score (nSPS) is 24.7. The zero-order valence-electron chi connectivity index (χ0n) is 14.9. The van der Waals surface area contributed by atoms with Gasteiger partial charge in [0.15, 0.2) is 11.8 Å². The van der Waals surface area contributed by atoms with Gasteiger partial charge in [0.25, 0.3) is 5.91 Å². The second-order valence-electron chi connectivity index (χ2n) is 7.05. The van der Waals surface area contributed by atoms with Gasteiger partial charge in [-0.15, -0.1) is 0 Å². The first-order valence-electron chi connectivity index (χ1n) is 8.92. The van der Waals surface area contributed by atoms with Crippen molar-refractivity contribution in [1.29, 1.82) is 0 Å². The van der Waals surface area contributed by atoms with Gasteiger partial charge in [-0.1, -0.05) is 44.9 Å². The summed E-state index contributed by atoms with van der Waals surface area (Å²) in [6, 6.07) is 7.46. The van der Waals surface area contributed by atoms with Gasteiger partial charge >= 0.3 is 5.97 Å². The van der Waals surface area contributed by atoms with E-state index in [1.165, 1.54) is 6.42 Å². The van der Waals surface area contributed by atoms with Crippen LogP contribution >= 0.6 is 0 Å². The van der Waals surface area contributed by atoms with Crippen LogP contribution in [0, 0.1) is 11.8 Å². The van der Waals surface area contributed by atoms with Gasteiger partial charge in [-0.3, -0.25) is 9.89 Å². The lowest BCUT2D eigenvalue weighted by Gasteiger charge is -2.35. The van der Waals surface area contributed by atoms with Crippen molar-refractivity contribution in [3.63, 3.8) is 0 Å². The number of benzene rings is 1. The first-order chi connectivity index (χ1) is 12.0. The van der Waals surface area contributed by atoms with E-state index in [4.69, 9.17) is 4.74 Å². The van der Waals surface area contributed by atoms with Crippen LogP contribution in [0.25, 0.3) is 10.9 Å².